The van der Waals surface area contributed by atoms with E-state index in [1.54, 1.807) is 0 Å². The Morgan fingerprint density at radius 3 is 2.21 bits per heavy atom. The van der Waals surface area contributed by atoms with Crippen LogP contribution in [0, 0.1) is 5.92 Å². The lowest BCUT2D eigenvalue weighted by atomic mass is 9.89. The van der Waals surface area contributed by atoms with Gasteiger partial charge in [0.05, 0.1) is 0 Å². The molecule has 0 spiro atoms. The van der Waals surface area contributed by atoms with Crippen LogP contribution in [0.25, 0.3) is 0 Å². The highest BCUT2D eigenvalue weighted by Crippen LogP contribution is 2.34. The average molecular weight is 193 g/mol. The van der Waals surface area contributed by atoms with Crippen LogP contribution in [0.4, 0.5) is 0 Å². The SMILES string of the molecule is C=C(/C(C)=C(\C)C(C)N)C1CCCC1. The number of rotatable bonds is 3. The fourth-order valence-corrected chi connectivity index (χ4v) is 2.18. The van der Waals surface area contributed by atoms with Gasteiger partial charge in [0.25, 0.3) is 0 Å². The van der Waals surface area contributed by atoms with Crippen LogP contribution in [0.3, 0.4) is 0 Å². The molecule has 1 nitrogen and oxygen atoms in total. The van der Waals surface area contributed by atoms with E-state index in [2.05, 4.69) is 20.4 Å². The summed E-state index contributed by atoms with van der Waals surface area (Å²) >= 11 is 0. The van der Waals surface area contributed by atoms with E-state index in [9.17, 15) is 0 Å². The molecule has 0 saturated heterocycles. The molecular weight excluding hydrogens is 170 g/mol. The first-order chi connectivity index (χ1) is 6.54. The highest BCUT2D eigenvalue weighted by atomic mass is 14.6. The minimum Gasteiger partial charge on any atom is -0.324 e. The van der Waals surface area contributed by atoms with Crippen LogP contribution < -0.4 is 5.73 Å². The molecule has 0 aliphatic heterocycles. The van der Waals surface area contributed by atoms with Gasteiger partial charge in [-0.05, 0) is 50.7 Å². The average Bonchev–Trinajstić information content (AvgIpc) is 2.67. The van der Waals surface area contributed by atoms with Gasteiger partial charge in [0.15, 0.2) is 0 Å². The molecule has 0 bridgehead atoms. The Balaban J connectivity index is 2.72. The summed E-state index contributed by atoms with van der Waals surface area (Å²) < 4.78 is 0. The molecule has 1 fully saturated rings. The van der Waals surface area contributed by atoms with Crippen LogP contribution in [0.5, 0.6) is 0 Å². The van der Waals surface area contributed by atoms with Crippen molar-refractivity contribution < 1.29 is 0 Å². The van der Waals surface area contributed by atoms with Crippen molar-refractivity contribution in [1.82, 2.24) is 0 Å². The van der Waals surface area contributed by atoms with Gasteiger partial charge in [0.1, 0.15) is 0 Å². The summed E-state index contributed by atoms with van der Waals surface area (Å²) in [6.07, 6.45) is 5.38. The summed E-state index contributed by atoms with van der Waals surface area (Å²) in [6, 6.07) is 0.160. The monoisotopic (exact) mass is 193 g/mol. The zero-order valence-corrected chi connectivity index (χ0v) is 9.77. The second-order valence-corrected chi connectivity index (χ2v) is 4.60. The summed E-state index contributed by atoms with van der Waals surface area (Å²) in [4.78, 5) is 0. The molecule has 0 aromatic rings. The minimum absolute atomic E-state index is 0.160. The Kier molecular flexibility index (Phi) is 3.94. The molecule has 0 radical (unpaired) electrons. The molecule has 1 unspecified atom stereocenters. The van der Waals surface area contributed by atoms with E-state index < -0.39 is 0 Å². The lowest BCUT2D eigenvalue weighted by Gasteiger charge is -2.18. The van der Waals surface area contributed by atoms with Crippen LogP contribution in [-0.4, -0.2) is 6.04 Å². The topological polar surface area (TPSA) is 26.0 Å². The van der Waals surface area contributed by atoms with Crippen LogP contribution in [0.2, 0.25) is 0 Å². The third-order valence-electron chi connectivity index (χ3n) is 3.60. The van der Waals surface area contributed by atoms with E-state index in [-0.39, 0.29) is 6.04 Å². The lowest BCUT2D eigenvalue weighted by Crippen LogP contribution is -2.18. The molecule has 1 aliphatic rings. The third kappa shape index (κ3) is 2.48. The Labute approximate surface area is 88.1 Å². The zero-order chi connectivity index (χ0) is 10.7. The van der Waals surface area contributed by atoms with Gasteiger partial charge in [-0.3, -0.25) is 0 Å². The minimum atomic E-state index is 0.160. The first kappa shape index (κ1) is 11.5. The molecule has 1 aliphatic carbocycles. The summed E-state index contributed by atoms with van der Waals surface area (Å²) in [7, 11) is 0. The molecular formula is C13H23N. The van der Waals surface area contributed by atoms with Crippen LogP contribution in [0.1, 0.15) is 46.5 Å². The highest BCUT2D eigenvalue weighted by Gasteiger charge is 2.19. The molecule has 0 amide bonds. The molecule has 0 heterocycles. The van der Waals surface area contributed by atoms with Gasteiger partial charge in [-0.1, -0.05) is 25.0 Å². The molecule has 0 aromatic heterocycles. The maximum Gasteiger partial charge on any atom is 0.0227 e. The smallest absolute Gasteiger partial charge is 0.0227 e. The number of nitrogens with two attached hydrogens (primary N) is 1. The summed E-state index contributed by atoms with van der Waals surface area (Å²) in [5, 5.41) is 0. The van der Waals surface area contributed by atoms with Crippen molar-refractivity contribution in [3.63, 3.8) is 0 Å². The van der Waals surface area contributed by atoms with Gasteiger partial charge in [-0.15, -0.1) is 0 Å². The Morgan fingerprint density at radius 2 is 1.79 bits per heavy atom. The molecule has 1 atom stereocenters. The summed E-state index contributed by atoms with van der Waals surface area (Å²) in [6.45, 7) is 10.6. The molecule has 14 heavy (non-hydrogen) atoms. The van der Waals surface area contributed by atoms with Gasteiger partial charge in [0.2, 0.25) is 0 Å². The number of allylic oxidation sites excluding steroid dienone is 2. The normalized spacial score (nSPS) is 22.0. The molecule has 1 heteroatoms. The number of hydrogen-bond donors (Lipinski definition) is 1. The van der Waals surface area contributed by atoms with Gasteiger partial charge in [-0.25, -0.2) is 0 Å². The van der Waals surface area contributed by atoms with E-state index in [4.69, 9.17) is 5.73 Å². The van der Waals surface area contributed by atoms with E-state index in [0.717, 1.165) is 5.92 Å². The fourth-order valence-electron chi connectivity index (χ4n) is 2.18. The van der Waals surface area contributed by atoms with E-state index in [1.165, 1.54) is 42.4 Å². The molecule has 1 saturated carbocycles. The van der Waals surface area contributed by atoms with Gasteiger partial charge in [0, 0.05) is 6.04 Å². The lowest BCUT2D eigenvalue weighted by molar-refractivity contribution is 0.647. The highest BCUT2D eigenvalue weighted by molar-refractivity contribution is 5.34. The van der Waals surface area contributed by atoms with Crippen molar-refractivity contribution in [2.75, 3.05) is 0 Å². The summed E-state index contributed by atoms with van der Waals surface area (Å²) in [5.41, 5.74) is 9.84. The Bertz CT molecular complexity index is 242. The largest absolute Gasteiger partial charge is 0.324 e. The maximum absolute atomic E-state index is 5.87. The quantitative estimate of drug-likeness (QED) is 0.683. The first-order valence-electron chi connectivity index (χ1n) is 5.66. The molecule has 2 N–H and O–H groups in total. The van der Waals surface area contributed by atoms with Crippen LogP contribution in [0.15, 0.2) is 23.3 Å². The van der Waals surface area contributed by atoms with E-state index in [0.29, 0.717) is 0 Å². The van der Waals surface area contributed by atoms with Crippen molar-refractivity contribution in [1.29, 1.82) is 0 Å². The molecule has 0 aromatic carbocycles. The Hall–Kier alpha value is -0.560. The Morgan fingerprint density at radius 1 is 1.29 bits per heavy atom. The van der Waals surface area contributed by atoms with Crippen molar-refractivity contribution in [3.8, 4) is 0 Å². The maximum atomic E-state index is 5.87. The third-order valence-corrected chi connectivity index (χ3v) is 3.60. The van der Waals surface area contributed by atoms with Crippen molar-refractivity contribution in [2.45, 2.75) is 52.5 Å². The zero-order valence-electron chi connectivity index (χ0n) is 9.77. The second-order valence-electron chi connectivity index (χ2n) is 4.60. The van der Waals surface area contributed by atoms with Gasteiger partial charge < -0.3 is 5.73 Å². The van der Waals surface area contributed by atoms with Gasteiger partial charge in [-0.2, -0.15) is 0 Å². The standard InChI is InChI=1S/C13H23N/c1-9(10(2)12(4)14)11(3)13-7-5-6-8-13/h12-13H,3,5-8,14H2,1-2,4H3/b10-9+. The molecule has 1 rings (SSSR count). The van der Waals surface area contributed by atoms with E-state index in [1.807, 2.05) is 6.92 Å². The first-order valence-corrected chi connectivity index (χ1v) is 5.66. The molecule has 80 valence electrons. The van der Waals surface area contributed by atoms with Crippen LogP contribution in [-0.2, 0) is 0 Å². The predicted molar refractivity (Wildman–Crippen MR) is 63.1 cm³/mol. The predicted octanol–water partition coefficient (Wildman–Crippen LogP) is 3.42. The second kappa shape index (κ2) is 4.79. The van der Waals surface area contributed by atoms with E-state index >= 15 is 0 Å². The van der Waals surface area contributed by atoms with Crippen LogP contribution >= 0.6 is 0 Å². The number of hydrogen-bond acceptors (Lipinski definition) is 1. The fraction of sp³-hybridized carbons (Fsp3) is 0.692. The van der Waals surface area contributed by atoms with Crippen molar-refractivity contribution in [2.24, 2.45) is 11.7 Å². The van der Waals surface area contributed by atoms with Crippen molar-refractivity contribution >= 4 is 0 Å². The summed E-state index contributed by atoms with van der Waals surface area (Å²) in [5.74, 6) is 0.726. The van der Waals surface area contributed by atoms with Gasteiger partial charge >= 0.3 is 0 Å². The van der Waals surface area contributed by atoms with Crippen molar-refractivity contribution in [3.05, 3.63) is 23.3 Å².